The molecule has 1 aromatic carbocycles. The fraction of sp³-hybridized carbons (Fsp3) is 0.320. The molecule has 0 unspecified atom stereocenters. The molecule has 4 N–H and O–H groups in total. The molecular weight excluding hydrogens is 435 g/mol. The number of amides is 1. The first kappa shape index (κ1) is 23.6. The molecule has 4 rings (SSSR count). The number of benzene rings is 1. The van der Waals surface area contributed by atoms with Gasteiger partial charge in [-0.1, -0.05) is 18.2 Å². The molecule has 34 heavy (non-hydrogen) atoms. The predicted octanol–water partition coefficient (Wildman–Crippen LogP) is 2.46. The van der Waals surface area contributed by atoms with Crippen LogP contribution in [0.4, 0.5) is 21.7 Å². The number of carbonyl (C=O) groups is 1. The highest BCUT2D eigenvalue weighted by molar-refractivity contribution is 5.82. The van der Waals surface area contributed by atoms with E-state index in [1.807, 2.05) is 41.3 Å². The lowest BCUT2D eigenvalue weighted by Gasteiger charge is -2.24. The molecular formula is C25H29FN6O2. The van der Waals surface area contributed by atoms with Gasteiger partial charge in [0, 0.05) is 26.2 Å². The first-order valence-corrected chi connectivity index (χ1v) is 11.3. The van der Waals surface area contributed by atoms with E-state index in [0.717, 1.165) is 23.5 Å². The van der Waals surface area contributed by atoms with Gasteiger partial charge >= 0.3 is 0 Å². The average molecular weight is 465 g/mol. The molecule has 0 aliphatic carbocycles. The predicted molar refractivity (Wildman–Crippen MR) is 130 cm³/mol. The Kier molecular flexibility index (Phi) is 7.66. The summed E-state index contributed by atoms with van der Waals surface area (Å²) in [5.41, 5.74) is 8.64. The lowest BCUT2D eigenvalue weighted by molar-refractivity contribution is -0.107. The highest BCUT2D eigenvalue weighted by Crippen LogP contribution is 2.29. The van der Waals surface area contributed by atoms with Crippen LogP contribution < -0.4 is 20.9 Å². The minimum Gasteiger partial charge on any atom is -0.391 e. The number of pyridine rings is 2. The Labute approximate surface area is 198 Å². The molecule has 1 aliphatic rings. The van der Waals surface area contributed by atoms with Crippen molar-refractivity contribution in [3.05, 3.63) is 77.4 Å². The van der Waals surface area contributed by atoms with Crippen LogP contribution in [0.3, 0.4) is 0 Å². The standard InChI is InChI=1S/C25H29FN6O2/c26-19-4-1-3-18(13-19)9-11-28-25-23(7-8-24(30-25)31-12-10-22(34)16-31)32(17-33)15-21-6-2-5-20(14-27)29-21/h1-8,13,17,22,34H,9-12,14-16,27H2,(H,28,30)/t22-/m0/s1. The maximum absolute atomic E-state index is 13.5. The average Bonchev–Trinajstić information content (AvgIpc) is 3.29. The molecule has 0 radical (unpaired) electrons. The van der Waals surface area contributed by atoms with Crippen LogP contribution in [0.2, 0.25) is 0 Å². The third-order valence-electron chi connectivity index (χ3n) is 5.78. The van der Waals surface area contributed by atoms with E-state index in [-0.39, 0.29) is 18.5 Å². The molecule has 8 nitrogen and oxygen atoms in total. The summed E-state index contributed by atoms with van der Waals surface area (Å²) in [6.45, 7) is 2.31. The number of anilines is 3. The fourth-order valence-electron chi connectivity index (χ4n) is 4.03. The second-order valence-corrected chi connectivity index (χ2v) is 8.29. The summed E-state index contributed by atoms with van der Waals surface area (Å²) in [6.07, 6.45) is 1.66. The number of hydrogen-bond acceptors (Lipinski definition) is 7. The van der Waals surface area contributed by atoms with Gasteiger partial charge in [-0.2, -0.15) is 0 Å². The highest BCUT2D eigenvalue weighted by Gasteiger charge is 2.23. The van der Waals surface area contributed by atoms with Crippen LogP contribution in [0.25, 0.3) is 0 Å². The zero-order valence-corrected chi connectivity index (χ0v) is 18.9. The lowest BCUT2D eigenvalue weighted by Crippen LogP contribution is -2.26. The lowest BCUT2D eigenvalue weighted by atomic mass is 10.1. The van der Waals surface area contributed by atoms with E-state index >= 15 is 0 Å². The van der Waals surface area contributed by atoms with E-state index in [9.17, 15) is 14.3 Å². The highest BCUT2D eigenvalue weighted by atomic mass is 19.1. The number of aromatic nitrogens is 2. The van der Waals surface area contributed by atoms with E-state index in [0.29, 0.717) is 56.2 Å². The zero-order valence-electron chi connectivity index (χ0n) is 18.9. The first-order valence-electron chi connectivity index (χ1n) is 11.3. The Morgan fingerprint density at radius 2 is 2.00 bits per heavy atom. The van der Waals surface area contributed by atoms with Gasteiger partial charge in [0.25, 0.3) is 0 Å². The van der Waals surface area contributed by atoms with Crippen molar-refractivity contribution < 1.29 is 14.3 Å². The van der Waals surface area contributed by atoms with Crippen LogP contribution in [0, 0.1) is 5.82 Å². The minimum atomic E-state index is -0.377. The third kappa shape index (κ3) is 5.86. The third-order valence-corrected chi connectivity index (χ3v) is 5.78. The molecule has 1 fully saturated rings. The number of nitrogens with zero attached hydrogens (tertiary/aromatic N) is 4. The molecule has 2 aromatic heterocycles. The van der Waals surface area contributed by atoms with E-state index in [1.54, 1.807) is 11.0 Å². The zero-order chi connectivity index (χ0) is 23.9. The molecule has 1 atom stereocenters. The van der Waals surface area contributed by atoms with Crippen molar-refractivity contribution in [2.75, 3.05) is 34.8 Å². The summed E-state index contributed by atoms with van der Waals surface area (Å²) >= 11 is 0. The number of aliphatic hydroxyl groups excluding tert-OH is 1. The van der Waals surface area contributed by atoms with Crippen LogP contribution in [-0.2, 0) is 24.3 Å². The molecule has 0 spiro atoms. The van der Waals surface area contributed by atoms with Gasteiger partial charge in [-0.15, -0.1) is 0 Å². The smallest absolute Gasteiger partial charge is 0.214 e. The van der Waals surface area contributed by atoms with Crippen molar-refractivity contribution in [3.8, 4) is 0 Å². The van der Waals surface area contributed by atoms with Crippen molar-refractivity contribution in [1.29, 1.82) is 0 Å². The van der Waals surface area contributed by atoms with Crippen LogP contribution in [0.5, 0.6) is 0 Å². The molecule has 1 aliphatic heterocycles. The number of β-amino-alcohol motifs (C(OH)–C–C–N with tert-alkyl or cyclic N) is 1. The largest absolute Gasteiger partial charge is 0.391 e. The second-order valence-electron chi connectivity index (χ2n) is 8.29. The Morgan fingerprint density at radius 3 is 2.74 bits per heavy atom. The summed E-state index contributed by atoms with van der Waals surface area (Å²) in [7, 11) is 0. The number of hydrogen-bond donors (Lipinski definition) is 3. The topological polar surface area (TPSA) is 108 Å². The van der Waals surface area contributed by atoms with E-state index in [4.69, 9.17) is 10.7 Å². The van der Waals surface area contributed by atoms with Crippen LogP contribution in [0.1, 0.15) is 23.4 Å². The van der Waals surface area contributed by atoms with Crippen LogP contribution >= 0.6 is 0 Å². The molecule has 178 valence electrons. The van der Waals surface area contributed by atoms with Gasteiger partial charge in [0.05, 0.1) is 29.7 Å². The fourth-order valence-corrected chi connectivity index (χ4v) is 4.03. The van der Waals surface area contributed by atoms with E-state index in [1.165, 1.54) is 12.1 Å². The Bertz CT molecular complexity index is 1130. The summed E-state index contributed by atoms with van der Waals surface area (Å²) in [6, 6.07) is 15.7. The van der Waals surface area contributed by atoms with Crippen molar-refractivity contribution in [3.63, 3.8) is 0 Å². The van der Waals surface area contributed by atoms with Crippen molar-refractivity contribution in [2.24, 2.45) is 5.73 Å². The van der Waals surface area contributed by atoms with Crippen LogP contribution in [-0.4, -0.2) is 47.2 Å². The minimum absolute atomic E-state index is 0.263. The molecule has 9 heteroatoms. The SMILES string of the molecule is NCc1cccc(CN(C=O)c2ccc(N3CC[C@H](O)C3)nc2NCCc2cccc(F)c2)n1. The van der Waals surface area contributed by atoms with E-state index < -0.39 is 0 Å². The summed E-state index contributed by atoms with van der Waals surface area (Å²) < 4.78 is 13.5. The molecule has 0 bridgehead atoms. The van der Waals surface area contributed by atoms with Gasteiger partial charge in [-0.05, 0) is 54.8 Å². The molecule has 3 aromatic rings. The number of aliphatic hydroxyl groups is 1. The number of carbonyl (C=O) groups excluding carboxylic acids is 1. The maximum Gasteiger partial charge on any atom is 0.214 e. The molecule has 3 heterocycles. The van der Waals surface area contributed by atoms with Crippen molar-refractivity contribution in [2.45, 2.75) is 32.0 Å². The number of rotatable bonds is 10. The first-order chi connectivity index (χ1) is 16.6. The molecule has 0 saturated carbocycles. The van der Waals surface area contributed by atoms with Gasteiger partial charge in [-0.25, -0.2) is 9.37 Å². The summed E-state index contributed by atoms with van der Waals surface area (Å²) in [5, 5.41) is 13.2. The van der Waals surface area contributed by atoms with Crippen LogP contribution in [0.15, 0.2) is 54.6 Å². The van der Waals surface area contributed by atoms with Gasteiger partial charge in [-0.3, -0.25) is 9.78 Å². The quantitative estimate of drug-likeness (QED) is 0.396. The number of nitrogens with two attached hydrogens (primary N) is 1. The summed E-state index contributed by atoms with van der Waals surface area (Å²) in [4.78, 5) is 24.9. The Morgan fingerprint density at radius 1 is 1.18 bits per heavy atom. The van der Waals surface area contributed by atoms with Gasteiger partial charge in [0.2, 0.25) is 6.41 Å². The van der Waals surface area contributed by atoms with Gasteiger partial charge < -0.3 is 26.0 Å². The van der Waals surface area contributed by atoms with Gasteiger partial charge in [0.15, 0.2) is 5.82 Å². The number of halogens is 1. The maximum atomic E-state index is 13.5. The van der Waals surface area contributed by atoms with Crippen molar-refractivity contribution >= 4 is 23.7 Å². The van der Waals surface area contributed by atoms with Gasteiger partial charge in [0.1, 0.15) is 11.6 Å². The summed E-state index contributed by atoms with van der Waals surface area (Å²) in [5.74, 6) is 0.991. The number of nitrogens with one attached hydrogen (secondary N) is 1. The van der Waals surface area contributed by atoms with E-state index in [2.05, 4.69) is 10.3 Å². The Hall–Kier alpha value is -3.56. The van der Waals surface area contributed by atoms with Crippen molar-refractivity contribution in [1.82, 2.24) is 9.97 Å². The Balaban J connectivity index is 1.57. The second kappa shape index (κ2) is 11.0. The molecule has 1 saturated heterocycles. The molecule has 1 amide bonds. The normalized spacial score (nSPS) is 15.4. The monoisotopic (exact) mass is 464 g/mol.